The Morgan fingerprint density at radius 3 is 2.70 bits per heavy atom. The van der Waals surface area contributed by atoms with Gasteiger partial charge in [0, 0.05) is 6.20 Å². The molecule has 0 saturated carbocycles. The number of esters is 1. The average Bonchev–Trinajstić information content (AvgIpc) is 3.05. The Kier molecular flexibility index (Phi) is 5.31. The fourth-order valence-electron chi connectivity index (χ4n) is 2.57. The number of sulfonamides is 1. The second kappa shape index (κ2) is 7.67. The van der Waals surface area contributed by atoms with E-state index in [9.17, 15) is 13.2 Å². The first kappa shape index (κ1) is 18.7. The minimum Gasteiger partial charge on any atom is -0.492 e. The van der Waals surface area contributed by atoms with Gasteiger partial charge in [0.15, 0.2) is 0 Å². The number of fused-ring (bicyclic) bond motifs is 1. The summed E-state index contributed by atoms with van der Waals surface area (Å²) in [6.07, 6.45) is 2.94. The van der Waals surface area contributed by atoms with Crippen LogP contribution in [0, 0.1) is 0 Å². The van der Waals surface area contributed by atoms with Gasteiger partial charge in [-0.25, -0.2) is 17.7 Å². The van der Waals surface area contributed by atoms with E-state index in [1.165, 1.54) is 22.8 Å². The van der Waals surface area contributed by atoms with E-state index in [2.05, 4.69) is 9.82 Å². The lowest BCUT2D eigenvalue weighted by Gasteiger charge is -2.12. The van der Waals surface area contributed by atoms with E-state index in [0.717, 1.165) is 0 Å². The molecule has 0 bridgehead atoms. The Bertz CT molecular complexity index is 1080. The van der Waals surface area contributed by atoms with Gasteiger partial charge in [-0.1, -0.05) is 12.1 Å². The third kappa shape index (κ3) is 3.87. The zero-order valence-corrected chi connectivity index (χ0v) is 15.7. The van der Waals surface area contributed by atoms with E-state index in [4.69, 9.17) is 9.47 Å². The molecule has 0 unspecified atom stereocenters. The van der Waals surface area contributed by atoms with E-state index in [0.29, 0.717) is 17.8 Å². The van der Waals surface area contributed by atoms with Crippen LogP contribution in [-0.4, -0.2) is 37.2 Å². The summed E-state index contributed by atoms with van der Waals surface area (Å²) in [4.78, 5) is 12.1. The molecule has 0 aliphatic carbocycles. The monoisotopic (exact) mass is 389 g/mol. The lowest BCUT2D eigenvalue weighted by Crippen LogP contribution is -2.14. The van der Waals surface area contributed by atoms with E-state index < -0.39 is 16.0 Å². The van der Waals surface area contributed by atoms with Gasteiger partial charge in [0.1, 0.15) is 16.2 Å². The topological polar surface area (TPSA) is 99.0 Å². The van der Waals surface area contributed by atoms with Crippen molar-refractivity contribution in [3.8, 4) is 5.75 Å². The molecule has 2 aromatic heterocycles. The van der Waals surface area contributed by atoms with Gasteiger partial charge >= 0.3 is 5.97 Å². The van der Waals surface area contributed by atoms with Crippen molar-refractivity contribution in [1.29, 1.82) is 0 Å². The summed E-state index contributed by atoms with van der Waals surface area (Å²) in [7, 11) is -3.88. The first-order valence-corrected chi connectivity index (χ1v) is 9.83. The van der Waals surface area contributed by atoms with Crippen LogP contribution in [0.2, 0.25) is 0 Å². The molecule has 2 heterocycles. The van der Waals surface area contributed by atoms with Crippen molar-refractivity contribution in [2.24, 2.45) is 0 Å². The fourth-order valence-corrected chi connectivity index (χ4v) is 3.76. The molecule has 0 spiro atoms. The molecule has 0 amide bonds. The van der Waals surface area contributed by atoms with Crippen molar-refractivity contribution in [2.75, 3.05) is 17.9 Å². The van der Waals surface area contributed by atoms with Crippen molar-refractivity contribution < 1.29 is 22.7 Å². The third-order valence-electron chi connectivity index (χ3n) is 3.71. The number of nitrogens with one attached hydrogen (secondary N) is 1. The number of pyridine rings is 1. The van der Waals surface area contributed by atoms with Gasteiger partial charge in [-0.3, -0.25) is 4.72 Å². The molecule has 0 radical (unpaired) electrons. The van der Waals surface area contributed by atoms with Crippen LogP contribution >= 0.6 is 0 Å². The number of hydrogen-bond donors (Lipinski definition) is 1. The van der Waals surface area contributed by atoms with E-state index >= 15 is 0 Å². The molecule has 0 fully saturated rings. The Labute approximate surface area is 156 Å². The number of ether oxygens (including phenoxy) is 2. The van der Waals surface area contributed by atoms with Crippen molar-refractivity contribution in [3.63, 3.8) is 0 Å². The number of anilines is 1. The number of para-hydroxylation sites is 1. The maximum absolute atomic E-state index is 12.8. The molecule has 1 aromatic carbocycles. The standard InChI is InChI=1S/C18H19N3O5S/c1-3-25-16-7-5-6-8-17(16)27(23,24)20-13-9-10-21-15(11-13)14(12-19-21)18(22)26-4-2/h5-12,20H,3-4H2,1-2H3. The number of aromatic nitrogens is 2. The molecule has 9 heteroatoms. The van der Waals surface area contributed by atoms with Crippen LogP contribution in [0.25, 0.3) is 5.52 Å². The largest absolute Gasteiger partial charge is 0.492 e. The number of carbonyl (C=O) groups excluding carboxylic acids is 1. The number of hydrogen-bond acceptors (Lipinski definition) is 6. The van der Waals surface area contributed by atoms with Crippen LogP contribution < -0.4 is 9.46 Å². The molecule has 3 aromatic rings. The highest BCUT2D eigenvalue weighted by Crippen LogP contribution is 2.26. The molecule has 0 atom stereocenters. The molecule has 142 valence electrons. The first-order chi connectivity index (χ1) is 13.0. The molecule has 0 aliphatic rings. The Hall–Kier alpha value is -3.07. The minimum absolute atomic E-state index is 0.0332. The Morgan fingerprint density at radius 1 is 1.19 bits per heavy atom. The zero-order chi connectivity index (χ0) is 19.4. The Morgan fingerprint density at radius 2 is 1.96 bits per heavy atom. The predicted molar refractivity (Wildman–Crippen MR) is 99.6 cm³/mol. The van der Waals surface area contributed by atoms with Crippen LogP contribution in [0.3, 0.4) is 0 Å². The predicted octanol–water partition coefficient (Wildman–Crippen LogP) is 2.71. The highest BCUT2D eigenvalue weighted by molar-refractivity contribution is 7.92. The highest BCUT2D eigenvalue weighted by atomic mass is 32.2. The van der Waals surface area contributed by atoms with E-state index in [1.54, 1.807) is 44.3 Å². The molecule has 3 rings (SSSR count). The fraction of sp³-hybridized carbons (Fsp3) is 0.222. The molecule has 1 N–H and O–H groups in total. The number of rotatable bonds is 7. The van der Waals surface area contributed by atoms with Gasteiger partial charge in [0.05, 0.1) is 30.6 Å². The van der Waals surface area contributed by atoms with Crippen molar-refractivity contribution in [1.82, 2.24) is 9.61 Å². The lowest BCUT2D eigenvalue weighted by atomic mass is 10.2. The number of benzene rings is 1. The third-order valence-corrected chi connectivity index (χ3v) is 5.13. The molecule has 8 nitrogen and oxygen atoms in total. The number of carbonyl (C=O) groups is 1. The molecule has 0 saturated heterocycles. The second-order valence-corrected chi connectivity index (χ2v) is 7.16. The van der Waals surface area contributed by atoms with Gasteiger partial charge < -0.3 is 9.47 Å². The van der Waals surface area contributed by atoms with Crippen molar-refractivity contribution in [2.45, 2.75) is 18.7 Å². The summed E-state index contributed by atoms with van der Waals surface area (Å²) >= 11 is 0. The molecule has 27 heavy (non-hydrogen) atoms. The van der Waals surface area contributed by atoms with E-state index in [1.807, 2.05) is 0 Å². The summed E-state index contributed by atoms with van der Waals surface area (Å²) < 4.78 is 40.0. The molecular weight excluding hydrogens is 370 g/mol. The summed E-state index contributed by atoms with van der Waals surface area (Å²) in [5.41, 5.74) is 0.985. The maximum atomic E-state index is 12.8. The zero-order valence-electron chi connectivity index (χ0n) is 14.9. The summed E-state index contributed by atoms with van der Waals surface area (Å²) in [6, 6.07) is 9.46. The van der Waals surface area contributed by atoms with E-state index in [-0.39, 0.29) is 22.8 Å². The van der Waals surface area contributed by atoms with Crippen LogP contribution in [0.1, 0.15) is 24.2 Å². The summed E-state index contributed by atoms with van der Waals surface area (Å²) in [5.74, 6) is -0.251. The minimum atomic E-state index is -3.88. The van der Waals surface area contributed by atoms with Gasteiger partial charge in [0.25, 0.3) is 10.0 Å². The van der Waals surface area contributed by atoms with Crippen LogP contribution in [-0.2, 0) is 14.8 Å². The second-order valence-electron chi connectivity index (χ2n) is 5.51. The van der Waals surface area contributed by atoms with Gasteiger partial charge in [-0.2, -0.15) is 5.10 Å². The molecular formula is C18H19N3O5S. The summed E-state index contributed by atoms with van der Waals surface area (Å²) in [6.45, 7) is 4.06. The van der Waals surface area contributed by atoms with Crippen LogP contribution in [0.15, 0.2) is 53.7 Å². The van der Waals surface area contributed by atoms with Crippen molar-refractivity contribution >= 4 is 27.2 Å². The maximum Gasteiger partial charge on any atom is 0.341 e. The highest BCUT2D eigenvalue weighted by Gasteiger charge is 2.20. The summed E-state index contributed by atoms with van der Waals surface area (Å²) in [5, 5.41) is 4.07. The average molecular weight is 389 g/mol. The SMILES string of the molecule is CCOC(=O)c1cnn2ccc(NS(=O)(=O)c3ccccc3OCC)cc12. The number of nitrogens with zero attached hydrogens (tertiary/aromatic N) is 2. The van der Waals surface area contributed by atoms with Gasteiger partial charge in [-0.15, -0.1) is 0 Å². The van der Waals surface area contributed by atoms with Crippen LogP contribution in [0.5, 0.6) is 5.75 Å². The van der Waals surface area contributed by atoms with Crippen LogP contribution in [0.4, 0.5) is 5.69 Å². The smallest absolute Gasteiger partial charge is 0.341 e. The first-order valence-electron chi connectivity index (χ1n) is 8.35. The lowest BCUT2D eigenvalue weighted by molar-refractivity contribution is 0.0528. The van der Waals surface area contributed by atoms with Gasteiger partial charge in [0.2, 0.25) is 0 Å². The molecule has 0 aliphatic heterocycles. The van der Waals surface area contributed by atoms with Gasteiger partial charge in [-0.05, 0) is 38.1 Å². The normalized spacial score (nSPS) is 11.3. The Balaban J connectivity index is 1.96. The van der Waals surface area contributed by atoms with Crippen molar-refractivity contribution in [3.05, 3.63) is 54.4 Å². The quantitative estimate of drug-likeness (QED) is 0.624.